The van der Waals surface area contributed by atoms with Gasteiger partial charge in [0.05, 0.1) is 5.69 Å². The number of para-hydroxylation sites is 1. The van der Waals surface area contributed by atoms with Crippen LogP contribution in [-0.4, -0.2) is 27.8 Å². The minimum absolute atomic E-state index is 0.00413. The van der Waals surface area contributed by atoms with E-state index in [1.54, 1.807) is 24.3 Å². The van der Waals surface area contributed by atoms with Crippen LogP contribution in [-0.2, 0) is 13.0 Å². The van der Waals surface area contributed by atoms with Gasteiger partial charge in [0.1, 0.15) is 5.75 Å². The van der Waals surface area contributed by atoms with Gasteiger partial charge >= 0.3 is 0 Å². The van der Waals surface area contributed by atoms with E-state index in [0.717, 1.165) is 17.0 Å². The standard InChI is InChI=1S/C22H23N3O3S/c1-3-21-23-20(24-28-21)14-27-17-10-8-16(9-11-17)22(26)25-13-12-15(2)29-19-7-5-4-6-18(19)25/h4-11,15H,3,12-14H2,1-2H3. The highest BCUT2D eigenvalue weighted by Crippen LogP contribution is 2.37. The van der Waals surface area contributed by atoms with Crippen LogP contribution in [0.1, 0.15) is 42.3 Å². The van der Waals surface area contributed by atoms with Crippen LogP contribution < -0.4 is 9.64 Å². The second-order valence-corrected chi connectivity index (χ2v) is 8.39. The molecule has 1 atom stereocenters. The van der Waals surface area contributed by atoms with Crippen molar-refractivity contribution < 1.29 is 14.1 Å². The van der Waals surface area contributed by atoms with E-state index in [9.17, 15) is 4.79 Å². The molecule has 0 fully saturated rings. The van der Waals surface area contributed by atoms with Gasteiger partial charge in [-0.3, -0.25) is 4.79 Å². The van der Waals surface area contributed by atoms with Crippen LogP contribution in [0, 0.1) is 0 Å². The molecule has 1 unspecified atom stereocenters. The van der Waals surface area contributed by atoms with Crippen LogP contribution in [0.4, 0.5) is 5.69 Å². The van der Waals surface area contributed by atoms with Gasteiger partial charge in [0.2, 0.25) is 11.7 Å². The van der Waals surface area contributed by atoms with Crippen LogP contribution in [0.2, 0.25) is 0 Å². The number of anilines is 1. The summed E-state index contributed by atoms with van der Waals surface area (Å²) in [6, 6.07) is 15.3. The molecule has 2 heterocycles. The van der Waals surface area contributed by atoms with E-state index in [4.69, 9.17) is 9.26 Å². The van der Waals surface area contributed by atoms with Gasteiger partial charge in [-0.15, -0.1) is 11.8 Å². The highest BCUT2D eigenvalue weighted by atomic mass is 32.2. The first-order chi connectivity index (χ1) is 14.1. The Morgan fingerprint density at radius 3 is 2.79 bits per heavy atom. The van der Waals surface area contributed by atoms with Crippen molar-refractivity contribution in [3.8, 4) is 5.75 Å². The van der Waals surface area contributed by atoms with Crippen molar-refractivity contribution in [2.75, 3.05) is 11.4 Å². The lowest BCUT2D eigenvalue weighted by atomic mass is 10.1. The van der Waals surface area contributed by atoms with Crippen molar-refractivity contribution >= 4 is 23.4 Å². The number of benzene rings is 2. The molecule has 2 aromatic carbocycles. The fraction of sp³-hybridized carbons (Fsp3) is 0.318. The molecule has 1 aromatic heterocycles. The zero-order valence-corrected chi connectivity index (χ0v) is 17.3. The molecule has 6 nitrogen and oxygen atoms in total. The zero-order valence-electron chi connectivity index (χ0n) is 16.5. The molecule has 0 saturated carbocycles. The molecule has 0 saturated heterocycles. The Balaban J connectivity index is 1.46. The molecule has 150 valence electrons. The molecule has 0 aliphatic carbocycles. The van der Waals surface area contributed by atoms with E-state index in [1.807, 2.05) is 41.8 Å². The Kier molecular flexibility index (Phi) is 5.85. The third kappa shape index (κ3) is 4.45. The van der Waals surface area contributed by atoms with Crippen LogP contribution in [0.3, 0.4) is 0 Å². The molecular weight excluding hydrogens is 386 g/mol. The molecule has 1 amide bonds. The van der Waals surface area contributed by atoms with Gasteiger partial charge in [0.25, 0.3) is 5.91 Å². The maximum atomic E-state index is 13.2. The van der Waals surface area contributed by atoms with Gasteiger partial charge in [0, 0.05) is 28.7 Å². The molecule has 1 aliphatic heterocycles. The van der Waals surface area contributed by atoms with Crippen molar-refractivity contribution in [2.24, 2.45) is 0 Å². The first-order valence-corrected chi connectivity index (χ1v) is 10.6. The first kappa shape index (κ1) is 19.5. The summed E-state index contributed by atoms with van der Waals surface area (Å²) in [4.78, 5) is 20.4. The quantitative estimate of drug-likeness (QED) is 0.606. The van der Waals surface area contributed by atoms with E-state index >= 15 is 0 Å². The van der Waals surface area contributed by atoms with E-state index in [0.29, 0.717) is 41.2 Å². The monoisotopic (exact) mass is 409 g/mol. The summed E-state index contributed by atoms with van der Waals surface area (Å²) in [5.41, 5.74) is 1.62. The summed E-state index contributed by atoms with van der Waals surface area (Å²) in [5, 5.41) is 4.35. The number of rotatable bonds is 5. The number of aromatic nitrogens is 2. The van der Waals surface area contributed by atoms with E-state index in [2.05, 4.69) is 23.1 Å². The minimum Gasteiger partial charge on any atom is -0.485 e. The van der Waals surface area contributed by atoms with Gasteiger partial charge in [-0.2, -0.15) is 4.98 Å². The van der Waals surface area contributed by atoms with E-state index in [-0.39, 0.29) is 12.5 Å². The predicted molar refractivity (Wildman–Crippen MR) is 113 cm³/mol. The molecule has 0 bridgehead atoms. The molecule has 29 heavy (non-hydrogen) atoms. The lowest BCUT2D eigenvalue weighted by molar-refractivity contribution is 0.0986. The Morgan fingerprint density at radius 2 is 2.03 bits per heavy atom. The molecule has 0 N–H and O–H groups in total. The van der Waals surface area contributed by atoms with Crippen LogP contribution >= 0.6 is 11.8 Å². The molecule has 7 heteroatoms. The minimum atomic E-state index is 0.00413. The van der Waals surface area contributed by atoms with Gasteiger partial charge < -0.3 is 14.2 Å². The topological polar surface area (TPSA) is 68.5 Å². The number of aryl methyl sites for hydroxylation is 1. The molecule has 0 spiro atoms. The summed E-state index contributed by atoms with van der Waals surface area (Å²) in [7, 11) is 0. The average molecular weight is 410 g/mol. The number of thioether (sulfide) groups is 1. The highest BCUT2D eigenvalue weighted by Gasteiger charge is 2.25. The number of amides is 1. The fourth-order valence-corrected chi connectivity index (χ4v) is 4.30. The Labute approximate surface area is 174 Å². The van der Waals surface area contributed by atoms with Crippen LogP contribution in [0.15, 0.2) is 57.9 Å². The highest BCUT2D eigenvalue weighted by molar-refractivity contribution is 8.00. The van der Waals surface area contributed by atoms with E-state index in [1.165, 1.54) is 0 Å². The SMILES string of the molecule is CCc1nc(COc2ccc(C(=O)N3CCC(C)Sc4ccccc43)cc2)no1. The number of ether oxygens (including phenoxy) is 1. The Morgan fingerprint density at radius 1 is 1.24 bits per heavy atom. The number of fused-ring (bicyclic) bond motifs is 1. The summed E-state index contributed by atoms with van der Waals surface area (Å²) >= 11 is 1.83. The molecule has 1 aliphatic rings. The Bertz CT molecular complexity index is 987. The van der Waals surface area contributed by atoms with E-state index < -0.39 is 0 Å². The van der Waals surface area contributed by atoms with Crippen molar-refractivity contribution in [3.63, 3.8) is 0 Å². The maximum absolute atomic E-state index is 13.2. The average Bonchev–Trinajstić information content (AvgIpc) is 3.14. The summed E-state index contributed by atoms with van der Waals surface area (Å²) < 4.78 is 10.8. The van der Waals surface area contributed by atoms with Crippen molar-refractivity contribution in [1.29, 1.82) is 0 Å². The van der Waals surface area contributed by atoms with Gasteiger partial charge in [-0.25, -0.2) is 0 Å². The predicted octanol–water partition coefficient (Wildman–Crippen LogP) is 4.74. The first-order valence-electron chi connectivity index (χ1n) is 9.76. The molecule has 3 aromatic rings. The second kappa shape index (κ2) is 8.69. The smallest absolute Gasteiger partial charge is 0.258 e. The van der Waals surface area contributed by atoms with Gasteiger partial charge in [-0.05, 0) is 42.8 Å². The summed E-state index contributed by atoms with van der Waals surface area (Å²) in [6.07, 6.45) is 1.65. The number of hydrogen-bond donors (Lipinski definition) is 0. The number of hydrogen-bond acceptors (Lipinski definition) is 6. The lowest BCUT2D eigenvalue weighted by Gasteiger charge is -2.22. The zero-order chi connectivity index (χ0) is 20.2. The number of carbonyl (C=O) groups is 1. The molecule has 4 rings (SSSR count). The maximum Gasteiger partial charge on any atom is 0.258 e. The Hall–Kier alpha value is -2.80. The lowest BCUT2D eigenvalue weighted by Crippen LogP contribution is -2.32. The van der Waals surface area contributed by atoms with Crippen LogP contribution in [0.5, 0.6) is 5.75 Å². The van der Waals surface area contributed by atoms with Gasteiger partial charge in [-0.1, -0.05) is 31.1 Å². The van der Waals surface area contributed by atoms with Crippen molar-refractivity contribution in [3.05, 3.63) is 65.8 Å². The molecular formula is C22H23N3O3S. The number of carbonyl (C=O) groups excluding carboxylic acids is 1. The second-order valence-electron chi connectivity index (χ2n) is 6.91. The molecule has 0 radical (unpaired) electrons. The fourth-order valence-electron chi connectivity index (χ4n) is 3.19. The van der Waals surface area contributed by atoms with Crippen molar-refractivity contribution in [1.82, 2.24) is 10.1 Å². The largest absolute Gasteiger partial charge is 0.485 e. The van der Waals surface area contributed by atoms with Gasteiger partial charge in [0.15, 0.2) is 6.61 Å². The number of nitrogens with zero attached hydrogens (tertiary/aromatic N) is 3. The third-order valence-corrected chi connectivity index (χ3v) is 6.01. The third-order valence-electron chi connectivity index (χ3n) is 4.77. The van der Waals surface area contributed by atoms with Crippen molar-refractivity contribution in [2.45, 2.75) is 43.4 Å². The summed E-state index contributed by atoms with van der Waals surface area (Å²) in [5.74, 6) is 1.76. The van der Waals surface area contributed by atoms with Crippen LogP contribution in [0.25, 0.3) is 0 Å². The summed E-state index contributed by atoms with van der Waals surface area (Å²) in [6.45, 7) is 5.09. The normalized spacial score (nSPS) is 16.2.